The van der Waals surface area contributed by atoms with Crippen molar-refractivity contribution in [3.63, 3.8) is 0 Å². The molecule has 0 fully saturated rings. The lowest BCUT2D eigenvalue weighted by atomic mass is 9.94. The molecule has 1 aromatic heterocycles. The maximum Gasteiger partial charge on any atom is 0.416 e. The van der Waals surface area contributed by atoms with Gasteiger partial charge in [-0.05, 0) is 59.7 Å². The smallest absolute Gasteiger partial charge is 0.394 e. The summed E-state index contributed by atoms with van der Waals surface area (Å²) in [6.45, 7) is -1.40. The number of hydrogen-bond acceptors (Lipinski definition) is 7. The predicted molar refractivity (Wildman–Crippen MR) is 157 cm³/mol. The van der Waals surface area contributed by atoms with E-state index in [0.717, 1.165) is 6.07 Å². The van der Waals surface area contributed by atoms with Gasteiger partial charge in [-0.25, -0.2) is 4.39 Å². The summed E-state index contributed by atoms with van der Waals surface area (Å²) >= 11 is 6.05. The average Bonchev–Trinajstić information content (AvgIpc) is 3.28. The van der Waals surface area contributed by atoms with Crippen molar-refractivity contribution < 1.29 is 47.9 Å². The lowest BCUT2D eigenvalue weighted by Gasteiger charge is -2.31. The van der Waals surface area contributed by atoms with Crippen LogP contribution in [0, 0.1) is 0 Å². The number of fused-ring (bicyclic) bond motifs is 1. The van der Waals surface area contributed by atoms with E-state index in [1.807, 2.05) is 0 Å². The minimum atomic E-state index is -4.65. The summed E-state index contributed by atoms with van der Waals surface area (Å²) in [5.41, 5.74) is -2.74. The van der Waals surface area contributed by atoms with Gasteiger partial charge in [0.1, 0.15) is 6.67 Å². The summed E-state index contributed by atoms with van der Waals surface area (Å²) in [5.74, 6) is -0.584. The topological polar surface area (TPSA) is 135 Å². The normalized spacial score (nSPS) is 13.3. The van der Waals surface area contributed by atoms with Crippen LogP contribution < -0.4 is 5.32 Å². The van der Waals surface area contributed by atoms with Crippen LogP contribution in [0.4, 0.5) is 17.6 Å². The molecule has 4 rings (SSSR count). The van der Waals surface area contributed by atoms with Gasteiger partial charge in [-0.1, -0.05) is 41.6 Å². The van der Waals surface area contributed by atoms with E-state index in [-0.39, 0.29) is 45.8 Å². The third-order valence-corrected chi connectivity index (χ3v) is 8.14. The lowest BCUT2D eigenvalue weighted by Crippen LogP contribution is -2.52. The number of carbonyl (C=O) groups is 1. The van der Waals surface area contributed by atoms with Crippen LogP contribution in [0.25, 0.3) is 10.9 Å². The highest BCUT2D eigenvalue weighted by Crippen LogP contribution is 2.36. The largest absolute Gasteiger partial charge is 0.416 e. The van der Waals surface area contributed by atoms with Gasteiger partial charge in [-0.3, -0.25) is 4.79 Å². The standard InChI is InChI=1S/C29H26BClF4N2O6S/c30-28(40,41)29(42,43)44-22-6-2-16(3-7-22)24(15-38)36-26(39)18-4-8-25-19(11-18)13-21(37(25)10-9-32)12-17-1-5-20(31)14-23(17)27(33,34)35/h1-8,11,13-14,24,38,40-43H,9-10,12,15H2,(H,36,39). The molecular formula is C29H26BClF4N2O6S. The number of aromatic nitrogens is 1. The van der Waals surface area contributed by atoms with Gasteiger partial charge in [0.15, 0.2) is 13.5 Å². The Balaban J connectivity index is 1.57. The molecule has 0 saturated heterocycles. The first-order valence-electron chi connectivity index (χ1n) is 13.0. The monoisotopic (exact) mass is 652 g/mol. The molecule has 0 aliphatic rings. The van der Waals surface area contributed by atoms with Crippen LogP contribution in [0.5, 0.6) is 0 Å². The van der Waals surface area contributed by atoms with Gasteiger partial charge >= 0.3 is 6.18 Å². The maximum absolute atomic E-state index is 13.7. The molecule has 15 heteroatoms. The Kier molecular flexibility index (Phi) is 10.1. The van der Waals surface area contributed by atoms with Crippen molar-refractivity contribution in [2.45, 2.75) is 40.9 Å². The summed E-state index contributed by atoms with van der Waals surface area (Å²) in [7, 11) is 4.94. The Labute approximate surface area is 259 Å². The van der Waals surface area contributed by atoms with Gasteiger partial charge in [0, 0.05) is 38.5 Å². The SMILES string of the molecule is [B]C(O)(O)C(O)(O)Sc1ccc(C(CO)NC(=O)c2ccc3c(c2)cc(Cc2ccc(Cl)cc2C(F)(F)F)n3CCF)cc1. The minimum absolute atomic E-state index is 0.0447. The zero-order valence-corrected chi connectivity index (χ0v) is 24.3. The lowest BCUT2D eigenvalue weighted by molar-refractivity contribution is -0.261. The Hall–Kier alpha value is -3.11. The quantitative estimate of drug-likeness (QED) is 0.0627. The van der Waals surface area contributed by atoms with Crippen molar-refractivity contribution in [3.05, 3.63) is 99.7 Å². The van der Waals surface area contributed by atoms with Crippen LogP contribution >= 0.6 is 23.4 Å². The molecule has 0 bridgehead atoms. The van der Waals surface area contributed by atoms with E-state index in [0.29, 0.717) is 22.2 Å². The van der Waals surface area contributed by atoms with Gasteiger partial charge in [0.25, 0.3) is 11.0 Å². The first kappa shape index (κ1) is 33.8. The number of thioether (sulfide) groups is 1. The number of aliphatic hydroxyl groups is 5. The fourth-order valence-corrected chi connectivity index (χ4v) is 5.53. The van der Waals surface area contributed by atoms with Crippen LogP contribution in [0.1, 0.15) is 38.8 Å². The van der Waals surface area contributed by atoms with E-state index in [1.165, 1.54) is 48.5 Å². The van der Waals surface area contributed by atoms with Gasteiger partial charge < -0.3 is 35.4 Å². The zero-order valence-electron chi connectivity index (χ0n) is 22.7. The molecule has 0 aliphatic heterocycles. The van der Waals surface area contributed by atoms with E-state index in [1.54, 1.807) is 16.7 Å². The van der Waals surface area contributed by atoms with E-state index >= 15 is 0 Å². The fourth-order valence-electron chi connectivity index (χ4n) is 4.61. The van der Waals surface area contributed by atoms with Crippen molar-refractivity contribution >= 4 is 48.0 Å². The number of rotatable bonds is 11. The fraction of sp³-hybridized carbons (Fsp3) is 0.276. The molecule has 3 aromatic carbocycles. The zero-order chi connectivity index (χ0) is 32.4. The second kappa shape index (κ2) is 13.1. The van der Waals surface area contributed by atoms with Crippen molar-refractivity contribution in [2.24, 2.45) is 0 Å². The molecule has 0 aliphatic carbocycles. The van der Waals surface area contributed by atoms with Crippen molar-refractivity contribution in [3.8, 4) is 0 Å². The molecule has 4 aromatic rings. The van der Waals surface area contributed by atoms with Crippen LogP contribution in [0.15, 0.2) is 71.6 Å². The van der Waals surface area contributed by atoms with E-state index in [9.17, 15) is 47.9 Å². The van der Waals surface area contributed by atoms with E-state index in [4.69, 9.17) is 19.4 Å². The van der Waals surface area contributed by atoms with E-state index < -0.39 is 47.8 Å². The number of benzene rings is 3. The molecule has 232 valence electrons. The minimum Gasteiger partial charge on any atom is -0.394 e. The highest BCUT2D eigenvalue weighted by Gasteiger charge is 2.43. The number of nitrogens with zero attached hydrogens (tertiary/aromatic N) is 1. The molecule has 1 heterocycles. The first-order chi connectivity index (χ1) is 20.5. The van der Waals surface area contributed by atoms with Gasteiger partial charge in [0.05, 0.1) is 24.8 Å². The maximum atomic E-state index is 13.7. The van der Waals surface area contributed by atoms with E-state index in [2.05, 4.69) is 5.32 Å². The van der Waals surface area contributed by atoms with Crippen LogP contribution in [0.3, 0.4) is 0 Å². The second-order valence-corrected chi connectivity index (χ2v) is 11.6. The van der Waals surface area contributed by atoms with Crippen LogP contribution in [-0.2, 0) is 19.1 Å². The molecular weight excluding hydrogens is 627 g/mol. The summed E-state index contributed by atoms with van der Waals surface area (Å²) in [6.07, 6.45) is -4.82. The number of hydrogen-bond donors (Lipinski definition) is 6. The summed E-state index contributed by atoms with van der Waals surface area (Å²) in [5, 5.41) is 48.0. The van der Waals surface area contributed by atoms with Crippen molar-refractivity contribution in [2.75, 3.05) is 13.3 Å². The third-order valence-electron chi connectivity index (χ3n) is 6.82. The Morgan fingerprint density at radius 2 is 1.68 bits per heavy atom. The Morgan fingerprint density at radius 1 is 1.00 bits per heavy atom. The number of alkyl halides is 4. The Morgan fingerprint density at radius 3 is 2.27 bits per heavy atom. The number of aliphatic hydroxyl groups excluding tert-OH is 1. The predicted octanol–water partition coefficient (Wildman–Crippen LogP) is 3.87. The molecule has 2 radical (unpaired) electrons. The average molecular weight is 653 g/mol. The van der Waals surface area contributed by atoms with Crippen molar-refractivity contribution in [1.29, 1.82) is 0 Å². The Bertz CT molecular complexity index is 1640. The van der Waals surface area contributed by atoms with Gasteiger partial charge in [0.2, 0.25) is 0 Å². The van der Waals surface area contributed by atoms with Gasteiger partial charge in [-0.2, -0.15) is 13.2 Å². The molecule has 1 unspecified atom stereocenters. The number of aryl methyl sites for hydroxylation is 1. The molecule has 0 saturated carbocycles. The molecule has 1 atom stereocenters. The third kappa shape index (κ3) is 7.57. The van der Waals surface area contributed by atoms with Gasteiger partial charge in [-0.15, -0.1) is 0 Å². The number of carbonyl (C=O) groups excluding carboxylic acids is 1. The molecule has 0 spiro atoms. The van der Waals surface area contributed by atoms with Crippen LogP contribution in [-0.4, -0.2) is 67.9 Å². The number of halogens is 5. The highest BCUT2D eigenvalue weighted by atomic mass is 35.5. The van der Waals surface area contributed by atoms with Crippen LogP contribution in [0.2, 0.25) is 5.02 Å². The number of nitrogens with one attached hydrogen (secondary N) is 1. The molecule has 1 amide bonds. The molecule has 8 nitrogen and oxygen atoms in total. The van der Waals surface area contributed by atoms with Crippen molar-refractivity contribution in [1.82, 2.24) is 9.88 Å². The summed E-state index contributed by atoms with van der Waals surface area (Å²) < 4.78 is 56.1. The number of amides is 1. The summed E-state index contributed by atoms with van der Waals surface area (Å²) in [4.78, 5) is 13.3. The second-order valence-electron chi connectivity index (χ2n) is 9.94. The highest BCUT2D eigenvalue weighted by molar-refractivity contribution is 8.00. The molecule has 6 N–H and O–H groups in total. The first-order valence-corrected chi connectivity index (χ1v) is 14.2. The summed E-state index contributed by atoms with van der Waals surface area (Å²) in [6, 6.07) is 14.4. The molecule has 44 heavy (non-hydrogen) atoms.